The van der Waals surface area contributed by atoms with Crippen molar-refractivity contribution in [2.45, 2.75) is 19.9 Å². The minimum atomic E-state index is -0.354. The zero-order valence-electron chi connectivity index (χ0n) is 12.4. The number of carbonyl (C=O) groups is 1. The average Bonchev–Trinajstić information content (AvgIpc) is 2.47. The van der Waals surface area contributed by atoms with Crippen LogP contribution in [0.1, 0.15) is 18.1 Å². The van der Waals surface area contributed by atoms with Gasteiger partial charge < -0.3 is 20.7 Å². The number of rotatable bonds is 4. The number of nitrogens with two attached hydrogens (primary N) is 1. The maximum absolute atomic E-state index is 12.3. The van der Waals surface area contributed by atoms with Crippen LogP contribution in [0.4, 0.5) is 5.69 Å². The maximum atomic E-state index is 12.3. The van der Waals surface area contributed by atoms with E-state index < -0.39 is 0 Å². The minimum Gasteiger partial charge on any atom is -0.389 e. The lowest BCUT2D eigenvalue weighted by Gasteiger charge is -2.38. The lowest BCUT2D eigenvalue weighted by Crippen LogP contribution is -2.54. The van der Waals surface area contributed by atoms with Gasteiger partial charge in [0, 0.05) is 18.7 Å². The summed E-state index contributed by atoms with van der Waals surface area (Å²) in [7, 11) is 0. The third-order valence-electron chi connectivity index (χ3n) is 3.57. The van der Waals surface area contributed by atoms with Crippen LogP contribution in [-0.2, 0) is 9.53 Å². The molecular weight excluding hydrogens is 286 g/mol. The molecule has 0 radical (unpaired) electrons. The number of hydrogen-bond acceptors (Lipinski definition) is 4. The summed E-state index contributed by atoms with van der Waals surface area (Å²) in [6.07, 6.45) is 0. The maximum Gasteiger partial charge on any atom is 0.245 e. The highest BCUT2D eigenvalue weighted by atomic mass is 32.1. The van der Waals surface area contributed by atoms with Crippen molar-refractivity contribution in [2.24, 2.45) is 5.73 Å². The number of thiocarbonyl (C=S) groups is 1. The van der Waals surface area contributed by atoms with Crippen molar-refractivity contribution in [3.8, 4) is 0 Å². The van der Waals surface area contributed by atoms with Crippen molar-refractivity contribution in [3.63, 3.8) is 0 Å². The topological polar surface area (TPSA) is 67.6 Å². The lowest BCUT2D eigenvalue weighted by molar-refractivity contribution is -0.124. The van der Waals surface area contributed by atoms with E-state index in [0.29, 0.717) is 31.3 Å². The van der Waals surface area contributed by atoms with Crippen LogP contribution in [0.5, 0.6) is 0 Å². The first-order valence-corrected chi connectivity index (χ1v) is 7.48. The zero-order valence-corrected chi connectivity index (χ0v) is 13.2. The summed E-state index contributed by atoms with van der Waals surface area (Å²) in [5.41, 5.74) is 8.64. The fourth-order valence-electron chi connectivity index (χ4n) is 2.62. The number of anilines is 1. The molecule has 1 fully saturated rings. The van der Waals surface area contributed by atoms with Crippen LogP contribution in [0.25, 0.3) is 0 Å². The molecule has 114 valence electrons. The Kier molecular flexibility index (Phi) is 5.14. The largest absolute Gasteiger partial charge is 0.389 e. The first-order chi connectivity index (χ1) is 10.1. The molecule has 1 aromatic carbocycles. The molecule has 0 spiro atoms. The van der Waals surface area contributed by atoms with Gasteiger partial charge in [-0.2, -0.15) is 0 Å². The predicted molar refractivity (Wildman–Crippen MR) is 87.7 cm³/mol. The number of hydrogen-bond donors (Lipinski definition) is 2. The van der Waals surface area contributed by atoms with Crippen LogP contribution in [0, 0.1) is 6.92 Å². The van der Waals surface area contributed by atoms with Gasteiger partial charge in [0.15, 0.2) is 0 Å². The fourth-order valence-corrected chi connectivity index (χ4v) is 2.78. The molecule has 0 saturated carbocycles. The molecule has 1 atom stereocenters. The molecule has 1 heterocycles. The van der Waals surface area contributed by atoms with Crippen molar-refractivity contribution in [2.75, 3.05) is 31.2 Å². The molecule has 5 nitrogen and oxygen atoms in total. The summed E-state index contributed by atoms with van der Waals surface area (Å²) in [5.74, 6) is -0.0330. The third-order valence-corrected chi connectivity index (χ3v) is 3.79. The normalized spacial score (nSPS) is 18.4. The molecule has 3 N–H and O–H groups in total. The van der Waals surface area contributed by atoms with Gasteiger partial charge in [0.1, 0.15) is 11.0 Å². The SMILES string of the molecule is CCNC(=O)C1COCCN1c1c(C)cccc1C(N)=S. The Hall–Kier alpha value is -1.66. The fraction of sp³-hybridized carbons (Fsp3) is 0.467. The van der Waals surface area contributed by atoms with Crippen molar-refractivity contribution in [1.29, 1.82) is 0 Å². The Bertz CT molecular complexity index is 548. The summed E-state index contributed by atoms with van der Waals surface area (Å²) < 4.78 is 5.47. The van der Waals surface area contributed by atoms with Crippen molar-refractivity contribution >= 4 is 28.8 Å². The molecule has 1 aliphatic rings. The van der Waals surface area contributed by atoms with E-state index in [1.54, 1.807) is 0 Å². The number of nitrogens with zero attached hydrogens (tertiary/aromatic N) is 1. The second kappa shape index (κ2) is 6.87. The number of aryl methyl sites for hydroxylation is 1. The molecule has 21 heavy (non-hydrogen) atoms. The monoisotopic (exact) mass is 307 g/mol. The number of carbonyl (C=O) groups excluding carboxylic acids is 1. The van der Waals surface area contributed by atoms with Gasteiger partial charge in [-0.25, -0.2) is 0 Å². The van der Waals surface area contributed by atoms with E-state index in [1.807, 2.05) is 32.0 Å². The third kappa shape index (κ3) is 3.33. The summed E-state index contributed by atoms with van der Waals surface area (Å²) in [5, 5.41) is 2.86. The van der Waals surface area contributed by atoms with E-state index in [-0.39, 0.29) is 11.9 Å². The van der Waals surface area contributed by atoms with E-state index in [9.17, 15) is 4.79 Å². The molecule has 0 aromatic heterocycles. The Morgan fingerprint density at radius 2 is 2.33 bits per heavy atom. The molecule has 1 aliphatic heterocycles. The van der Waals surface area contributed by atoms with Crippen molar-refractivity contribution < 1.29 is 9.53 Å². The summed E-state index contributed by atoms with van der Waals surface area (Å²) >= 11 is 5.15. The Morgan fingerprint density at radius 1 is 1.57 bits per heavy atom. The van der Waals surface area contributed by atoms with E-state index in [2.05, 4.69) is 10.2 Å². The first kappa shape index (κ1) is 15.7. The molecule has 1 unspecified atom stereocenters. The molecule has 6 heteroatoms. The van der Waals surface area contributed by atoms with E-state index in [1.165, 1.54) is 0 Å². The number of amides is 1. The second-order valence-corrected chi connectivity index (χ2v) is 5.45. The van der Waals surface area contributed by atoms with Gasteiger partial charge in [0.2, 0.25) is 5.91 Å². The smallest absolute Gasteiger partial charge is 0.245 e. The van der Waals surface area contributed by atoms with Gasteiger partial charge in [0.05, 0.1) is 18.9 Å². The predicted octanol–water partition coefficient (Wildman–Crippen LogP) is 0.971. The van der Waals surface area contributed by atoms with Crippen LogP contribution in [0.2, 0.25) is 0 Å². The number of morpholine rings is 1. The average molecular weight is 307 g/mol. The molecule has 1 amide bonds. The highest BCUT2D eigenvalue weighted by Gasteiger charge is 2.31. The minimum absolute atomic E-state index is 0.0330. The summed E-state index contributed by atoms with van der Waals surface area (Å²) in [4.78, 5) is 14.7. The first-order valence-electron chi connectivity index (χ1n) is 7.07. The van der Waals surface area contributed by atoms with Crippen molar-refractivity contribution in [3.05, 3.63) is 29.3 Å². The standard InChI is InChI=1S/C15H21N3O2S/c1-3-17-15(19)12-9-20-8-7-18(12)13-10(2)5-4-6-11(13)14(16)21/h4-6,12H,3,7-9H2,1-2H3,(H2,16,21)(H,17,19). The molecular formula is C15H21N3O2S. The number of nitrogens with one attached hydrogen (secondary N) is 1. The number of benzene rings is 1. The number of para-hydroxylation sites is 1. The highest BCUT2D eigenvalue weighted by molar-refractivity contribution is 7.80. The highest BCUT2D eigenvalue weighted by Crippen LogP contribution is 2.28. The van der Waals surface area contributed by atoms with Gasteiger partial charge in [-0.05, 0) is 25.5 Å². The van der Waals surface area contributed by atoms with Gasteiger partial charge in [-0.3, -0.25) is 4.79 Å². The van der Waals surface area contributed by atoms with Gasteiger partial charge in [0.25, 0.3) is 0 Å². The van der Waals surface area contributed by atoms with Crippen LogP contribution in [-0.4, -0.2) is 43.2 Å². The number of ether oxygens (including phenoxy) is 1. The Morgan fingerprint density at radius 3 is 3.00 bits per heavy atom. The lowest BCUT2D eigenvalue weighted by atomic mass is 10.0. The quantitative estimate of drug-likeness (QED) is 0.811. The van der Waals surface area contributed by atoms with E-state index >= 15 is 0 Å². The zero-order chi connectivity index (χ0) is 15.4. The van der Waals surface area contributed by atoms with Gasteiger partial charge in [-0.15, -0.1) is 0 Å². The summed E-state index contributed by atoms with van der Waals surface area (Å²) in [6, 6.07) is 5.47. The number of likely N-dealkylation sites (N-methyl/N-ethyl adjacent to an activating group) is 1. The molecule has 1 saturated heterocycles. The summed E-state index contributed by atoms with van der Waals surface area (Å²) in [6.45, 7) is 6.10. The molecule has 0 aliphatic carbocycles. The Balaban J connectivity index is 2.42. The van der Waals surface area contributed by atoms with Gasteiger partial charge >= 0.3 is 0 Å². The van der Waals surface area contributed by atoms with Crippen molar-refractivity contribution in [1.82, 2.24) is 5.32 Å². The Labute approximate surface area is 130 Å². The molecule has 0 bridgehead atoms. The second-order valence-electron chi connectivity index (χ2n) is 5.01. The van der Waals surface area contributed by atoms with Crippen LogP contribution in [0.3, 0.4) is 0 Å². The molecule has 2 rings (SSSR count). The van der Waals surface area contributed by atoms with Gasteiger partial charge in [-0.1, -0.05) is 24.4 Å². The van der Waals surface area contributed by atoms with E-state index in [0.717, 1.165) is 16.8 Å². The van der Waals surface area contributed by atoms with Crippen LogP contribution >= 0.6 is 12.2 Å². The van der Waals surface area contributed by atoms with E-state index in [4.69, 9.17) is 22.7 Å². The molecule has 1 aromatic rings. The van der Waals surface area contributed by atoms with Crippen LogP contribution in [0.15, 0.2) is 18.2 Å². The van der Waals surface area contributed by atoms with Crippen LogP contribution < -0.4 is 16.0 Å².